The average molecular weight is 593 g/mol. The molecular formula is C30H37FN8O4. The number of benzene rings is 1. The first kappa shape index (κ1) is 29.3. The second-order valence-corrected chi connectivity index (χ2v) is 11.3. The summed E-state index contributed by atoms with van der Waals surface area (Å²) in [6.07, 6.45) is 5.74. The van der Waals surface area contributed by atoms with E-state index in [4.69, 9.17) is 24.2 Å². The molecule has 1 aromatic carbocycles. The first-order valence-corrected chi connectivity index (χ1v) is 14.7. The van der Waals surface area contributed by atoms with Crippen LogP contribution < -0.4 is 10.6 Å². The van der Waals surface area contributed by atoms with E-state index < -0.39 is 11.7 Å². The third kappa shape index (κ3) is 7.07. The van der Waals surface area contributed by atoms with E-state index in [0.717, 1.165) is 45.6 Å². The number of nitrogens with zero attached hydrogens (tertiary/aromatic N) is 5. The molecule has 1 atom stereocenters. The minimum absolute atomic E-state index is 0.0553. The van der Waals surface area contributed by atoms with Crippen LogP contribution in [0.2, 0.25) is 0 Å². The third-order valence-corrected chi connectivity index (χ3v) is 7.83. The van der Waals surface area contributed by atoms with Crippen LogP contribution in [0.1, 0.15) is 38.3 Å². The molecule has 1 unspecified atom stereocenters. The molecule has 12 nitrogen and oxygen atoms in total. The fraction of sp³-hybridized carbons (Fsp3) is 0.500. The fourth-order valence-electron chi connectivity index (χ4n) is 5.28. The van der Waals surface area contributed by atoms with Gasteiger partial charge in [-0.05, 0) is 56.5 Å². The number of carbonyl (C=O) groups excluding carboxylic acids is 1. The van der Waals surface area contributed by atoms with Gasteiger partial charge in [0.15, 0.2) is 5.82 Å². The van der Waals surface area contributed by atoms with Gasteiger partial charge in [-0.25, -0.2) is 19.3 Å². The molecule has 3 aliphatic heterocycles. The monoisotopic (exact) mass is 592 g/mol. The summed E-state index contributed by atoms with van der Waals surface area (Å²) in [5, 5.41) is 6.28. The van der Waals surface area contributed by atoms with Gasteiger partial charge < -0.3 is 29.8 Å². The van der Waals surface area contributed by atoms with Crippen molar-refractivity contribution in [2.45, 2.75) is 38.6 Å². The number of carbonyl (C=O) groups is 1. The Balaban J connectivity index is 1.15. The Bertz CT molecular complexity index is 1410. The summed E-state index contributed by atoms with van der Waals surface area (Å²) < 4.78 is 31.4. The Morgan fingerprint density at radius 2 is 2.00 bits per heavy atom. The number of hydrogen-bond acceptors (Lipinski definition) is 10. The molecule has 3 aromatic rings. The number of halogens is 1. The lowest BCUT2D eigenvalue weighted by Gasteiger charge is -2.35. The molecule has 0 bridgehead atoms. The minimum Gasteiger partial charge on any atom is -0.376 e. The summed E-state index contributed by atoms with van der Waals surface area (Å²) in [5.74, 6) is 0.442. The second-order valence-electron chi connectivity index (χ2n) is 11.3. The van der Waals surface area contributed by atoms with E-state index in [1.165, 1.54) is 12.1 Å². The summed E-state index contributed by atoms with van der Waals surface area (Å²) in [7, 11) is 0. The number of aliphatic imine (C=N–C) groups is 1. The first-order chi connectivity index (χ1) is 21.0. The maximum absolute atomic E-state index is 13.8. The third-order valence-electron chi connectivity index (χ3n) is 7.83. The van der Waals surface area contributed by atoms with E-state index >= 15 is 0 Å². The zero-order valence-corrected chi connectivity index (χ0v) is 24.2. The van der Waals surface area contributed by atoms with Gasteiger partial charge in [0.2, 0.25) is 18.1 Å². The van der Waals surface area contributed by atoms with Crippen LogP contribution in [0.4, 0.5) is 10.3 Å². The van der Waals surface area contributed by atoms with Crippen LogP contribution >= 0.6 is 0 Å². The van der Waals surface area contributed by atoms with E-state index in [1.807, 2.05) is 13.1 Å². The molecule has 43 heavy (non-hydrogen) atoms. The summed E-state index contributed by atoms with van der Waals surface area (Å²) in [6, 6.07) is 7.90. The second kappa shape index (κ2) is 13.2. The van der Waals surface area contributed by atoms with Gasteiger partial charge in [0.1, 0.15) is 5.82 Å². The quantitative estimate of drug-likeness (QED) is 0.287. The molecule has 2 fully saturated rings. The number of aromatic nitrogens is 4. The zero-order chi connectivity index (χ0) is 29.6. The van der Waals surface area contributed by atoms with Crippen molar-refractivity contribution in [3.05, 3.63) is 48.2 Å². The normalized spacial score (nSPS) is 24.0. The molecule has 13 heteroatoms. The number of ether oxygens (including phenoxy) is 3. The number of imidazole rings is 1. The SMILES string of the molecule is CC1(C(=O)NCC2CCCO2)COC(c2nc(-c3ccc(F)cc3)c(-c3ccnc(NCCCN4CC=NC4)n3)[nH]2)OC1. The van der Waals surface area contributed by atoms with Crippen molar-refractivity contribution in [1.29, 1.82) is 0 Å². The van der Waals surface area contributed by atoms with Crippen LogP contribution in [0, 0.1) is 11.2 Å². The molecule has 3 N–H and O–H groups in total. The van der Waals surface area contributed by atoms with Crippen molar-refractivity contribution >= 4 is 18.1 Å². The van der Waals surface area contributed by atoms with Crippen molar-refractivity contribution in [2.75, 3.05) is 58.0 Å². The molecule has 2 aromatic heterocycles. The highest BCUT2D eigenvalue weighted by Gasteiger charge is 2.41. The Morgan fingerprint density at radius 1 is 1.16 bits per heavy atom. The van der Waals surface area contributed by atoms with Crippen molar-refractivity contribution in [1.82, 2.24) is 30.2 Å². The Hall–Kier alpha value is -3.78. The van der Waals surface area contributed by atoms with Crippen molar-refractivity contribution in [3.8, 4) is 22.6 Å². The van der Waals surface area contributed by atoms with Crippen LogP contribution in [0.15, 0.2) is 41.5 Å². The van der Waals surface area contributed by atoms with E-state index in [-0.39, 0.29) is 31.0 Å². The highest BCUT2D eigenvalue weighted by atomic mass is 19.1. The molecule has 0 spiro atoms. The van der Waals surface area contributed by atoms with E-state index in [0.29, 0.717) is 47.5 Å². The van der Waals surface area contributed by atoms with Gasteiger partial charge in [0.05, 0.1) is 48.5 Å². The number of nitrogens with one attached hydrogen (secondary N) is 3. The molecule has 228 valence electrons. The molecule has 0 radical (unpaired) electrons. The van der Waals surface area contributed by atoms with E-state index in [1.54, 1.807) is 24.4 Å². The Morgan fingerprint density at radius 3 is 2.74 bits per heavy atom. The number of hydrogen-bond donors (Lipinski definition) is 3. The molecule has 6 rings (SSSR count). The lowest BCUT2D eigenvalue weighted by atomic mass is 9.91. The van der Waals surface area contributed by atoms with Crippen LogP contribution in [-0.2, 0) is 19.0 Å². The highest BCUT2D eigenvalue weighted by molar-refractivity contribution is 5.82. The lowest BCUT2D eigenvalue weighted by Crippen LogP contribution is -2.49. The summed E-state index contributed by atoms with van der Waals surface area (Å²) in [4.78, 5) is 36.7. The Kier molecular flexibility index (Phi) is 9.03. The van der Waals surface area contributed by atoms with E-state index in [2.05, 4.69) is 30.5 Å². The maximum Gasteiger partial charge on any atom is 0.230 e. The smallest absolute Gasteiger partial charge is 0.230 e. The van der Waals surface area contributed by atoms with Crippen LogP contribution in [0.5, 0.6) is 0 Å². The maximum atomic E-state index is 13.8. The number of anilines is 1. The van der Waals surface area contributed by atoms with Crippen LogP contribution in [0.25, 0.3) is 22.6 Å². The molecular weight excluding hydrogens is 555 g/mol. The standard InChI is InChI=1S/C30H37FN8O4/c1-30(28(40)35-16-22-4-2-15-41-22)17-42-27(43-18-30)26-37-24(20-5-7-21(31)8-6-20)25(38-26)23-9-11-34-29(36-23)33-10-3-13-39-14-12-32-19-39/h5-9,11-12,22,27H,2-4,10,13-19H2,1H3,(H,35,40)(H,37,38)(H,33,34,36). The summed E-state index contributed by atoms with van der Waals surface area (Å²) in [6.45, 7) is 6.62. The largest absolute Gasteiger partial charge is 0.376 e. The summed E-state index contributed by atoms with van der Waals surface area (Å²) in [5.41, 5.74) is 1.66. The van der Waals surface area contributed by atoms with Gasteiger partial charge in [-0.15, -0.1) is 0 Å². The average Bonchev–Trinajstić information content (AvgIpc) is 3.82. The molecule has 2 saturated heterocycles. The van der Waals surface area contributed by atoms with Gasteiger partial charge in [-0.3, -0.25) is 14.7 Å². The van der Waals surface area contributed by atoms with Crippen molar-refractivity contribution in [3.63, 3.8) is 0 Å². The number of H-pyrrole nitrogens is 1. The highest BCUT2D eigenvalue weighted by Crippen LogP contribution is 2.35. The lowest BCUT2D eigenvalue weighted by molar-refractivity contribution is -0.231. The molecule has 0 aliphatic carbocycles. The first-order valence-electron chi connectivity index (χ1n) is 14.7. The number of rotatable bonds is 11. The predicted molar refractivity (Wildman–Crippen MR) is 158 cm³/mol. The Labute approximate surface area is 249 Å². The molecule has 3 aliphatic rings. The molecule has 5 heterocycles. The van der Waals surface area contributed by atoms with Crippen LogP contribution in [0.3, 0.4) is 0 Å². The predicted octanol–water partition coefficient (Wildman–Crippen LogP) is 3.17. The van der Waals surface area contributed by atoms with E-state index in [9.17, 15) is 9.18 Å². The van der Waals surface area contributed by atoms with Crippen LogP contribution in [-0.4, -0.2) is 95.7 Å². The van der Waals surface area contributed by atoms with Gasteiger partial charge in [-0.1, -0.05) is 0 Å². The van der Waals surface area contributed by atoms with Gasteiger partial charge in [0, 0.05) is 50.8 Å². The molecule has 1 amide bonds. The van der Waals surface area contributed by atoms with Gasteiger partial charge in [0.25, 0.3) is 0 Å². The fourth-order valence-corrected chi connectivity index (χ4v) is 5.28. The van der Waals surface area contributed by atoms with Gasteiger partial charge in [-0.2, -0.15) is 0 Å². The number of amides is 1. The van der Waals surface area contributed by atoms with Crippen molar-refractivity contribution < 1.29 is 23.4 Å². The van der Waals surface area contributed by atoms with Gasteiger partial charge >= 0.3 is 0 Å². The topological polar surface area (TPSA) is 139 Å². The zero-order valence-electron chi connectivity index (χ0n) is 24.2. The van der Waals surface area contributed by atoms with Crippen molar-refractivity contribution in [2.24, 2.45) is 10.4 Å². The molecule has 0 saturated carbocycles. The summed E-state index contributed by atoms with van der Waals surface area (Å²) >= 11 is 0. The number of aromatic amines is 1. The minimum atomic E-state index is -0.848.